The van der Waals surface area contributed by atoms with Crippen molar-refractivity contribution in [3.05, 3.63) is 22.4 Å². The second kappa shape index (κ2) is 7.24. The molecule has 0 radical (unpaired) electrons. The molecule has 18 heavy (non-hydrogen) atoms. The maximum Gasteiger partial charge on any atom is 0.0858 e. The van der Waals surface area contributed by atoms with Crippen molar-refractivity contribution < 1.29 is 4.74 Å². The zero-order chi connectivity index (χ0) is 12.8. The molecule has 1 fully saturated rings. The van der Waals surface area contributed by atoms with Crippen molar-refractivity contribution in [2.75, 3.05) is 32.8 Å². The van der Waals surface area contributed by atoms with E-state index in [2.05, 4.69) is 41.6 Å². The molecule has 2 rings (SSSR count). The van der Waals surface area contributed by atoms with Crippen LogP contribution in [-0.4, -0.2) is 49.8 Å². The normalized spacial score (nSPS) is 23.1. The molecule has 1 aliphatic heterocycles. The Morgan fingerprint density at radius 1 is 1.56 bits per heavy atom. The van der Waals surface area contributed by atoms with Gasteiger partial charge in [0.2, 0.25) is 0 Å². The lowest BCUT2D eigenvalue weighted by atomic mass is 10.0. The molecular weight excluding hydrogens is 244 g/mol. The van der Waals surface area contributed by atoms with Crippen molar-refractivity contribution in [1.29, 1.82) is 0 Å². The molecule has 0 aromatic carbocycles. The fraction of sp³-hybridized carbons (Fsp3) is 0.714. The summed E-state index contributed by atoms with van der Waals surface area (Å²) in [5.74, 6) is 0. The minimum atomic E-state index is 0.320. The first-order chi connectivity index (χ1) is 8.83. The summed E-state index contributed by atoms with van der Waals surface area (Å²) in [5.41, 5.74) is 0. The molecule has 0 bridgehead atoms. The van der Waals surface area contributed by atoms with Gasteiger partial charge in [-0.1, -0.05) is 19.9 Å². The van der Waals surface area contributed by atoms with Gasteiger partial charge in [-0.15, -0.1) is 11.3 Å². The van der Waals surface area contributed by atoms with Crippen LogP contribution < -0.4 is 5.32 Å². The molecule has 2 unspecified atom stereocenters. The van der Waals surface area contributed by atoms with Crippen LogP contribution in [0.1, 0.15) is 18.7 Å². The first kappa shape index (κ1) is 14.0. The summed E-state index contributed by atoms with van der Waals surface area (Å²) in [4.78, 5) is 3.92. The quantitative estimate of drug-likeness (QED) is 0.854. The molecule has 102 valence electrons. The number of thiophene rings is 1. The molecule has 1 aromatic rings. The zero-order valence-corrected chi connectivity index (χ0v) is 12.2. The number of nitrogens with one attached hydrogen (secondary N) is 1. The van der Waals surface area contributed by atoms with Crippen LogP contribution in [0.25, 0.3) is 0 Å². The summed E-state index contributed by atoms with van der Waals surface area (Å²) < 4.78 is 5.97. The van der Waals surface area contributed by atoms with E-state index in [1.165, 1.54) is 4.88 Å². The van der Waals surface area contributed by atoms with E-state index in [1.807, 2.05) is 11.3 Å². The maximum atomic E-state index is 5.97. The number of nitrogens with zero attached hydrogens (tertiary/aromatic N) is 1. The molecule has 4 heteroatoms. The SMILES string of the molecule is CCNC(Cc1cccs1)C1CN(CC)CCO1. The van der Waals surface area contributed by atoms with Crippen LogP contribution >= 0.6 is 11.3 Å². The van der Waals surface area contributed by atoms with Gasteiger partial charge in [-0.25, -0.2) is 0 Å². The third-order valence-electron chi connectivity index (χ3n) is 3.54. The summed E-state index contributed by atoms with van der Waals surface area (Å²) in [6.07, 6.45) is 1.40. The topological polar surface area (TPSA) is 24.5 Å². The number of morpholine rings is 1. The summed E-state index contributed by atoms with van der Waals surface area (Å²) in [6, 6.07) is 4.78. The highest BCUT2D eigenvalue weighted by Crippen LogP contribution is 2.16. The summed E-state index contributed by atoms with van der Waals surface area (Å²) >= 11 is 1.84. The van der Waals surface area contributed by atoms with Gasteiger partial charge in [0.15, 0.2) is 0 Å². The Bertz CT molecular complexity index is 329. The Hall–Kier alpha value is -0.420. The Labute approximate surface area is 114 Å². The highest BCUT2D eigenvalue weighted by molar-refractivity contribution is 7.09. The molecule has 1 aliphatic rings. The second-order valence-electron chi connectivity index (χ2n) is 4.75. The summed E-state index contributed by atoms with van der Waals surface area (Å²) in [7, 11) is 0. The lowest BCUT2D eigenvalue weighted by molar-refractivity contribution is -0.0443. The molecule has 1 saturated heterocycles. The average Bonchev–Trinajstić information content (AvgIpc) is 2.91. The molecule has 0 aliphatic carbocycles. The van der Waals surface area contributed by atoms with Gasteiger partial charge in [0, 0.05) is 24.0 Å². The Kier molecular flexibility index (Phi) is 5.63. The molecule has 1 N–H and O–H groups in total. The number of rotatable bonds is 6. The predicted octanol–water partition coefficient (Wildman–Crippen LogP) is 1.99. The predicted molar refractivity (Wildman–Crippen MR) is 77.3 cm³/mol. The van der Waals surface area contributed by atoms with Crippen molar-refractivity contribution >= 4 is 11.3 Å². The van der Waals surface area contributed by atoms with Crippen LogP contribution in [-0.2, 0) is 11.2 Å². The van der Waals surface area contributed by atoms with Crippen LogP contribution in [0.5, 0.6) is 0 Å². The average molecular weight is 268 g/mol. The lowest BCUT2D eigenvalue weighted by Gasteiger charge is -2.36. The van der Waals surface area contributed by atoms with Crippen LogP contribution in [0.2, 0.25) is 0 Å². The highest BCUT2D eigenvalue weighted by Gasteiger charge is 2.27. The van der Waals surface area contributed by atoms with E-state index in [1.54, 1.807) is 0 Å². The second-order valence-corrected chi connectivity index (χ2v) is 5.78. The molecule has 2 heterocycles. The number of hydrogen-bond acceptors (Lipinski definition) is 4. The Balaban J connectivity index is 1.95. The molecule has 0 amide bonds. The van der Waals surface area contributed by atoms with E-state index in [4.69, 9.17) is 4.74 Å². The standard InChI is InChI=1S/C14H24N2OS/c1-3-15-13(10-12-6-5-9-18-12)14-11-16(4-2)7-8-17-14/h5-6,9,13-15H,3-4,7-8,10-11H2,1-2H3. The van der Waals surface area contributed by atoms with E-state index in [0.717, 1.165) is 39.2 Å². The van der Waals surface area contributed by atoms with Gasteiger partial charge in [-0.05, 0) is 31.0 Å². The van der Waals surface area contributed by atoms with Crippen molar-refractivity contribution in [3.63, 3.8) is 0 Å². The van der Waals surface area contributed by atoms with Crippen LogP contribution in [0.4, 0.5) is 0 Å². The van der Waals surface area contributed by atoms with Gasteiger partial charge in [0.05, 0.1) is 12.7 Å². The van der Waals surface area contributed by atoms with E-state index in [-0.39, 0.29) is 0 Å². The number of ether oxygens (including phenoxy) is 1. The largest absolute Gasteiger partial charge is 0.374 e. The highest BCUT2D eigenvalue weighted by atomic mass is 32.1. The van der Waals surface area contributed by atoms with Crippen LogP contribution in [0.3, 0.4) is 0 Å². The van der Waals surface area contributed by atoms with E-state index >= 15 is 0 Å². The first-order valence-electron chi connectivity index (χ1n) is 6.93. The van der Waals surface area contributed by atoms with Gasteiger partial charge in [0.1, 0.15) is 0 Å². The van der Waals surface area contributed by atoms with Crippen LogP contribution in [0.15, 0.2) is 17.5 Å². The molecule has 0 saturated carbocycles. The van der Waals surface area contributed by atoms with Crippen molar-refractivity contribution in [3.8, 4) is 0 Å². The van der Waals surface area contributed by atoms with Crippen molar-refractivity contribution in [1.82, 2.24) is 10.2 Å². The zero-order valence-electron chi connectivity index (χ0n) is 11.4. The molecule has 2 atom stereocenters. The van der Waals surface area contributed by atoms with Gasteiger partial charge in [-0.3, -0.25) is 4.90 Å². The Morgan fingerprint density at radius 2 is 2.44 bits per heavy atom. The minimum Gasteiger partial charge on any atom is -0.374 e. The smallest absolute Gasteiger partial charge is 0.0858 e. The maximum absolute atomic E-state index is 5.97. The van der Waals surface area contributed by atoms with Gasteiger partial charge < -0.3 is 10.1 Å². The third-order valence-corrected chi connectivity index (χ3v) is 4.44. The molecule has 1 aromatic heterocycles. The molecular formula is C14H24N2OS. The summed E-state index contributed by atoms with van der Waals surface area (Å²) in [5, 5.41) is 5.74. The Morgan fingerprint density at radius 3 is 3.11 bits per heavy atom. The number of likely N-dealkylation sites (N-methyl/N-ethyl adjacent to an activating group) is 2. The van der Waals surface area contributed by atoms with Crippen molar-refractivity contribution in [2.24, 2.45) is 0 Å². The van der Waals surface area contributed by atoms with Gasteiger partial charge in [-0.2, -0.15) is 0 Å². The summed E-state index contributed by atoms with van der Waals surface area (Å²) in [6.45, 7) is 9.51. The molecule has 0 spiro atoms. The number of hydrogen-bond donors (Lipinski definition) is 1. The molecule has 3 nitrogen and oxygen atoms in total. The fourth-order valence-electron chi connectivity index (χ4n) is 2.50. The third kappa shape index (κ3) is 3.79. The van der Waals surface area contributed by atoms with Gasteiger partial charge >= 0.3 is 0 Å². The van der Waals surface area contributed by atoms with Gasteiger partial charge in [0.25, 0.3) is 0 Å². The minimum absolute atomic E-state index is 0.320. The fourth-order valence-corrected chi connectivity index (χ4v) is 3.27. The van der Waals surface area contributed by atoms with Crippen molar-refractivity contribution in [2.45, 2.75) is 32.4 Å². The van der Waals surface area contributed by atoms with E-state index in [9.17, 15) is 0 Å². The van der Waals surface area contributed by atoms with Crippen LogP contribution in [0, 0.1) is 0 Å². The monoisotopic (exact) mass is 268 g/mol. The lowest BCUT2D eigenvalue weighted by Crippen LogP contribution is -2.52. The van der Waals surface area contributed by atoms with E-state index in [0.29, 0.717) is 12.1 Å². The first-order valence-corrected chi connectivity index (χ1v) is 7.81. The van der Waals surface area contributed by atoms with E-state index < -0.39 is 0 Å².